The van der Waals surface area contributed by atoms with Gasteiger partial charge in [0.1, 0.15) is 5.75 Å². The van der Waals surface area contributed by atoms with E-state index in [0.717, 1.165) is 11.1 Å². The van der Waals surface area contributed by atoms with Crippen LogP contribution in [0.25, 0.3) is 0 Å². The van der Waals surface area contributed by atoms with Gasteiger partial charge in [-0.15, -0.1) is 0 Å². The van der Waals surface area contributed by atoms with Crippen LogP contribution in [-0.2, 0) is 26.0 Å². The van der Waals surface area contributed by atoms with E-state index >= 15 is 0 Å². The number of carbonyl (C=O) groups is 2. The number of benzene rings is 2. The fourth-order valence-corrected chi connectivity index (χ4v) is 3.02. The van der Waals surface area contributed by atoms with Crippen LogP contribution in [0.4, 0.5) is 5.69 Å². The summed E-state index contributed by atoms with van der Waals surface area (Å²) < 4.78 is 27.6. The molecule has 0 aliphatic carbocycles. The number of nitrogens with two attached hydrogens (primary N) is 1. The lowest BCUT2D eigenvalue weighted by atomic mass is 10.1. The summed E-state index contributed by atoms with van der Waals surface area (Å²) in [6.45, 7) is 1.95. The molecule has 2 aromatic carbocycles. The Hall–Kier alpha value is -2.62. The van der Waals surface area contributed by atoms with Gasteiger partial charge in [0.25, 0.3) is 0 Å². The molecule has 0 radical (unpaired) electrons. The van der Waals surface area contributed by atoms with Crippen molar-refractivity contribution in [2.45, 2.75) is 18.2 Å². The van der Waals surface area contributed by atoms with Crippen molar-refractivity contribution in [3.63, 3.8) is 0 Å². The molecule has 0 heterocycles. The van der Waals surface area contributed by atoms with E-state index in [9.17, 15) is 18.0 Å². The number of primary sulfonamides is 1. The molecule has 2 aromatic rings. The number of amides is 2. The van der Waals surface area contributed by atoms with Crippen molar-refractivity contribution in [2.75, 3.05) is 19.0 Å². The largest absolute Gasteiger partial charge is 0.495 e. The Bertz CT molecular complexity index is 991. The highest BCUT2D eigenvalue weighted by Gasteiger charge is 2.16. The highest BCUT2D eigenvalue weighted by molar-refractivity contribution is 7.89. The molecule has 0 aromatic heterocycles. The number of nitrogens with one attached hydrogen (secondary N) is 2. The number of aryl methyl sites for hydroxylation is 1. The maximum absolute atomic E-state index is 12.1. The van der Waals surface area contributed by atoms with Gasteiger partial charge in [-0.05, 0) is 42.7 Å². The minimum Gasteiger partial charge on any atom is -0.495 e. The molecule has 150 valence electrons. The number of hydrogen-bond donors (Lipinski definition) is 3. The molecule has 2 rings (SSSR count). The number of methoxy groups -OCH3 is 1. The van der Waals surface area contributed by atoms with Crippen LogP contribution in [0.2, 0.25) is 5.02 Å². The van der Waals surface area contributed by atoms with Crippen molar-refractivity contribution < 1.29 is 22.7 Å². The van der Waals surface area contributed by atoms with Gasteiger partial charge < -0.3 is 15.4 Å². The summed E-state index contributed by atoms with van der Waals surface area (Å²) in [5.74, 6) is -1.31. The third kappa shape index (κ3) is 5.69. The molecule has 0 atom stereocenters. The molecule has 0 unspecified atom stereocenters. The van der Waals surface area contributed by atoms with E-state index in [1.54, 1.807) is 31.2 Å². The number of halogens is 1. The van der Waals surface area contributed by atoms with Gasteiger partial charge >= 0.3 is 11.8 Å². The summed E-state index contributed by atoms with van der Waals surface area (Å²) in [5, 5.41) is 10.5. The van der Waals surface area contributed by atoms with Crippen LogP contribution < -0.4 is 20.5 Å². The predicted octanol–water partition coefficient (Wildman–Crippen LogP) is 1.60. The smallest absolute Gasteiger partial charge is 0.313 e. The van der Waals surface area contributed by atoms with E-state index in [0.29, 0.717) is 22.9 Å². The Labute approximate surface area is 168 Å². The van der Waals surface area contributed by atoms with Gasteiger partial charge in [0.05, 0.1) is 17.7 Å². The molecule has 0 saturated carbocycles. The minimum absolute atomic E-state index is 0.00636. The standard InChI is InChI=1S/C18H20ClN3O5S/c1-11-9-15(16(27-2)10-14(11)19)22-18(24)17(23)21-8-7-12-3-5-13(6-4-12)28(20,25)26/h3-6,9-10H,7-8H2,1-2H3,(H,21,23)(H,22,24)(H2,20,25,26). The van der Waals surface area contributed by atoms with E-state index in [1.807, 2.05) is 0 Å². The van der Waals surface area contributed by atoms with Crippen molar-refractivity contribution in [3.05, 3.63) is 52.5 Å². The third-order valence-electron chi connectivity index (χ3n) is 3.89. The second kappa shape index (κ2) is 9.05. The lowest BCUT2D eigenvalue weighted by molar-refractivity contribution is -0.136. The first-order valence-corrected chi connectivity index (χ1v) is 10.1. The number of carbonyl (C=O) groups excluding carboxylic acids is 2. The Morgan fingerprint density at radius 3 is 2.36 bits per heavy atom. The van der Waals surface area contributed by atoms with Crippen LogP contribution in [0, 0.1) is 6.92 Å². The summed E-state index contributed by atoms with van der Waals surface area (Å²) in [6, 6.07) is 9.11. The highest BCUT2D eigenvalue weighted by atomic mass is 35.5. The molecule has 0 bridgehead atoms. The quantitative estimate of drug-likeness (QED) is 0.605. The Kier molecular flexibility index (Phi) is 7.00. The molecule has 0 aliphatic heterocycles. The van der Waals surface area contributed by atoms with Crippen molar-refractivity contribution in [1.29, 1.82) is 0 Å². The summed E-state index contributed by atoms with van der Waals surface area (Å²) in [5.41, 5.74) is 1.84. The van der Waals surface area contributed by atoms with Crippen molar-refractivity contribution in [3.8, 4) is 5.75 Å². The van der Waals surface area contributed by atoms with Gasteiger partial charge in [-0.3, -0.25) is 9.59 Å². The van der Waals surface area contributed by atoms with Crippen LogP contribution in [0.3, 0.4) is 0 Å². The monoisotopic (exact) mass is 425 g/mol. The molecular weight excluding hydrogens is 406 g/mol. The second-order valence-electron chi connectivity index (χ2n) is 5.95. The topological polar surface area (TPSA) is 128 Å². The average molecular weight is 426 g/mol. The molecule has 10 heteroatoms. The lowest BCUT2D eigenvalue weighted by Crippen LogP contribution is -2.36. The number of rotatable bonds is 6. The third-order valence-corrected chi connectivity index (χ3v) is 5.22. The molecule has 4 N–H and O–H groups in total. The first-order chi connectivity index (χ1) is 13.1. The van der Waals surface area contributed by atoms with Crippen LogP contribution >= 0.6 is 11.6 Å². The molecule has 0 spiro atoms. The molecule has 28 heavy (non-hydrogen) atoms. The van der Waals surface area contributed by atoms with E-state index in [-0.39, 0.29) is 11.4 Å². The first kappa shape index (κ1) is 21.7. The van der Waals surface area contributed by atoms with E-state index in [1.165, 1.54) is 19.2 Å². The van der Waals surface area contributed by atoms with Crippen LogP contribution in [-0.4, -0.2) is 33.9 Å². The average Bonchev–Trinajstić information content (AvgIpc) is 2.64. The van der Waals surface area contributed by atoms with Gasteiger partial charge in [-0.1, -0.05) is 23.7 Å². The van der Waals surface area contributed by atoms with E-state index < -0.39 is 21.8 Å². The molecular formula is C18H20ClN3O5S. The Morgan fingerprint density at radius 1 is 1.14 bits per heavy atom. The van der Waals surface area contributed by atoms with Gasteiger partial charge in [-0.25, -0.2) is 13.6 Å². The zero-order chi connectivity index (χ0) is 20.9. The first-order valence-electron chi connectivity index (χ1n) is 8.17. The normalized spacial score (nSPS) is 11.0. The minimum atomic E-state index is -3.75. The van der Waals surface area contributed by atoms with Crippen molar-refractivity contribution in [2.24, 2.45) is 5.14 Å². The highest BCUT2D eigenvalue weighted by Crippen LogP contribution is 2.30. The number of sulfonamides is 1. The SMILES string of the molecule is COc1cc(Cl)c(C)cc1NC(=O)C(=O)NCCc1ccc(S(N)(=O)=O)cc1. The zero-order valence-electron chi connectivity index (χ0n) is 15.3. The lowest BCUT2D eigenvalue weighted by Gasteiger charge is -2.12. The summed E-state index contributed by atoms with van der Waals surface area (Å²) in [6.07, 6.45) is 0.410. The predicted molar refractivity (Wildman–Crippen MR) is 106 cm³/mol. The summed E-state index contributed by atoms with van der Waals surface area (Å²) in [7, 11) is -2.32. The fourth-order valence-electron chi connectivity index (χ4n) is 2.36. The second-order valence-corrected chi connectivity index (χ2v) is 7.92. The maximum atomic E-state index is 12.1. The van der Waals surface area contributed by atoms with Gasteiger partial charge in [0, 0.05) is 17.6 Å². The Balaban J connectivity index is 1.91. The van der Waals surface area contributed by atoms with Crippen LogP contribution in [0.1, 0.15) is 11.1 Å². The molecule has 0 fully saturated rings. The Morgan fingerprint density at radius 2 is 1.79 bits per heavy atom. The number of anilines is 1. The maximum Gasteiger partial charge on any atom is 0.313 e. The fraction of sp³-hybridized carbons (Fsp3) is 0.222. The summed E-state index contributed by atoms with van der Waals surface area (Å²) in [4.78, 5) is 24.1. The molecule has 0 aliphatic rings. The van der Waals surface area contributed by atoms with Gasteiger partial charge in [-0.2, -0.15) is 0 Å². The van der Waals surface area contributed by atoms with Crippen LogP contribution in [0.5, 0.6) is 5.75 Å². The molecule has 8 nitrogen and oxygen atoms in total. The van der Waals surface area contributed by atoms with Crippen molar-refractivity contribution in [1.82, 2.24) is 5.32 Å². The van der Waals surface area contributed by atoms with Crippen molar-refractivity contribution >= 4 is 39.1 Å². The van der Waals surface area contributed by atoms with Gasteiger partial charge in [0.15, 0.2) is 0 Å². The summed E-state index contributed by atoms with van der Waals surface area (Å²) >= 11 is 6.01. The number of hydrogen-bond acceptors (Lipinski definition) is 5. The van der Waals surface area contributed by atoms with Gasteiger partial charge in [0.2, 0.25) is 10.0 Å². The van der Waals surface area contributed by atoms with Crippen LogP contribution in [0.15, 0.2) is 41.3 Å². The zero-order valence-corrected chi connectivity index (χ0v) is 16.9. The molecule has 0 saturated heterocycles. The van der Waals surface area contributed by atoms with E-state index in [4.69, 9.17) is 21.5 Å². The molecule has 2 amide bonds. The van der Waals surface area contributed by atoms with E-state index in [2.05, 4.69) is 10.6 Å². The number of ether oxygens (including phenoxy) is 1.